The summed E-state index contributed by atoms with van der Waals surface area (Å²) < 4.78 is 11.3. The third kappa shape index (κ3) is 2.71. The van der Waals surface area contributed by atoms with Crippen LogP contribution in [0.5, 0.6) is 11.5 Å². The van der Waals surface area contributed by atoms with Gasteiger partial charge in [-0.2, -0.15) is 0 Å². The van der Waals surface area contributed by atoms with E-state index in [0.717, 1.165) is 22.6 Å². The maximum absolute atomic E-state index is 9.84. The Morgan fingerprint density at radius 1 is 1.16 bits per heavy atom. The summed E-state index contributed by atoms with van der Waals surface area (Å²) in [5.74, 6) is 1.49. The molecule has 0 aromatic heterocycles. The molecule has 0 saturated carbocycles. The van der Waals surface area contributed by atoms with Gasteiger partial charge in [-0.3, -0.25) is 0 Å². The summed E-state index contributed by atoms with van der Waals surface area (Å²) in [6, 6.07) is 15.6. The summed E-state index contributed by atoms with van der Waals surface area (Å²) in [5.41, 5.74) is 1.97. The van der Waals surface area contributed by atoms with E-state index in [9.17, 15) is 5.11 Å². The van der Waals surface area contributed by atoms with Crippen molar-refractivity contribution < 1.29 is 14.6 Å². The predicted molar refractivity (Wildman–Crippen MR) is 72.3 cm³/mol. The van der Waals surface area contributed by atoms with Crippen LogP contribution in [0.15, 0.2) is 48.5 Å². The van der Waals surface area contributed by atoms with E-state index in [2.05, 4.69) is 0 Å². The fourth-order valence-electron chi connectivity index (χ4n) is 2.18. The van der Waals surface area contributed by atoms with Crippen LogP contribution >= 0.6 is 0 Å². The summed E-state index contributed by atoms with van der Waals surface area (Å²) in [4.78, 5) is 0. The average molecular weight is 256 g/mol. The van der Waals surface area contributed by atoms with Gasteiger partial charge in [-0.15, -0.1) is 0 Å². The Labute approximate surface area is 112 Å². The van der Waals surface area contributed by atoms with Crippen LogP contribution < -0.4 is 9.47 Å². The molecular weight excluding hydrogens is 240 g/mol. The van der Waals surface area contributed by atoms with Crippen LogP contribution in [-0.4, -0.2) is 11.7 Å². The van der Waals surface area contributed by atoms with Crippen molar-refractivity contribution >= 4 is 0 Å². The van der Waals surface area contributed by atoms with Gasteiger partial charge in [0.1, 0.15) is 18.1 Å². The highest BCUT2D eigenvalue weighted by Crippen LogP contribution is 2.34. The first-order chi connectivity index (χ1) is 9.33. The fraction of sp³-hybridized carbons (Fsp3) is 0.250. The zero-order valence-corrected chi connectivity index (χ0v) is 10.6. The summed E-state index contributed by atoms with van der Waals surface area (Å²) in [6.07, 6.45) is 0.226. The van der Waals surface area contributed by atoms with Gasteiger partial charge in [0.2, 0.25) is 0 Å². The molecule has 1 N–H and O–H groups in total. The second-order valence-electron chi connectivity index (χ2n) is 4.63. The minimum Gasteiger partial charge on any atom is -0.493 e. The van der Waals surface area contributed by atoms with E-state index in [0.29, 0.717) is 19.6 Å². The Morgan fingerprint density at radius 3 is 2.84 bits per heavy atom. The third-order valence-electron chi connectivity index (χ3n) is 3.24. The molecule has 2 aromatic rings. The van der Waals surface area contributed by atoms with Gasteiger partial charge >= 0.3 is 0 Å². The zero-order chi connectivity index (χ0) is 13.1. The van der Waals surface area contributed by atoms with E-state index >= 15 is 0 Å². The first-order valence-electron chi connectivity index (χ1n) is 6.44. The molecule has 1 atom stereocenters. The molecule has 0 spiro atoms. The maximum Gasteiger partial charge on any atom is 0.128 e. The molecule has 1 aliphatic heterocycles. The highest BCUT2D eigenvalue weighted by Gasteiger charge is 2.19. The second kappa shape index (κ2) is 5.33. The molecule has 0 fully saturated rings. The van der Waals surface area contributed by atoms with Crippen LogP contribution in [0.4, 0.5) is 0 Å². The first kappa shape index (κ1) is 12.1. The van der Waals surface area contributed by atoms with E-state index in [-0.39, 0.29) is 0 Å². The summed E-state index contributed by atoms with van der Waals surface area (Å²) >= 11 is 0. The largest absolute Gasteiger partial charge is 0.493 e. The highest BCUT2D eigenvalue weighted by atomic mass is 16.5. The van der Waals surface area contributed by atoms with E-state index in [1.165, 1.54) is 0 Å². The van der Waals surface area contributed by atoms with Gasteiger partial charge in [0.25, 0.3) is 0 Å². The first-order valence-corrected chi connectivity index (χ1v) is 6.44. The van der Waals surface area contributed by atoms with Gasteiger partial charge in [-0.05, 0) is 17.7 Å². The third-order valence-corrected chi connectivity index (χ3v) is 3.24. The quantitative estimate of drug-likeness (QED) is 0.917. The molecule has 0 radical (unpaired) electrons. The number of aliphatic hydroxyl groups excluding tert-OH is 1. The molecule has 19 heavy (non-hydrogen) atoms. The normalized spacial score (nSPS) is 17.4. The topological polar surface area (TPSA) is 38.7 Å². The van der Waals surface area contributed by atoms with Crippen LogP contribution in [0.1, 0.15) is 23.7 Å². The van der Waals surface area contributed by atoms with Gasteiger partial charge in [0, 0.05) is 18.1 Å². The Bertz CT molecular complexity index is 551. The Kier molecular flexibility index (Phi) is 3.38. The molecule has 3 heteroatoms. The van der Waals surface area contributed by atoms with Crippen molar-refractivity contribution in [2.75, 3.05) is 6.61 Å². The number of ether oxygens (including phenoxy) is 2. The molecule has 98 valence electrons. The SMILES string of the molecule is O[C@H]1CCOc2cc(OCc3ccccc3)ccc21. The summed E-state index contributed by atoms with van der Waals surface area (Å²) in [6.45, 7) is 1.08. The molecule has 0 saturated heterocycles. The molecule has 3 nitrogen and oxygen atoms in total. The van der Waals surface area contributed by atoms with Crippen molar-refractivity contribution in [3.8, 4) is 11.5 Å². The van der Waals surface area contributed by atoms with Crippen molar-refractivity contribution in [2.24, 2.45) is 0 Å². The molecule has 1 aliphatic rings. The maximum atomic E-state index is 9.84. The molecule has 0 unspecified atom stereocenters. The fourth-order valence-corrected chi connectivity index (χ4v) is 2.18. The van der Waals surface area contributed by atoms with Crippen molar-refractivity contribution in [2.45, 2.75) is 19.1 Å². The average Bonchev–Trinajstić information content (AvgIpc) is 2.46. The standard InChI is InChI=1S/C16H16O3/c17-15-8-9-18-16-10-13(6-7-14(15)16)19-11-12-4-2-1-3-5-12/h1-7,10,15,17H,8-9,11H2/t15-/m0/s1. The molecular formula is C16H16O3. The van der Waals surface area contributed by atoms with Crippen LogP contribution in [0.2, 0.25) is 0 Å². The Balaban J connectivity index is 1.72. The molecule has 0 bridgehead atoms. The van der Waals surface area contributed by atoms with E-state index in [4.69, 9.17) is 9.47 Å². The lowest BCUT2D eigenvalue weighted by Crippen LogP contribution is -2.13. The predicted octanol–water partition coefficient (Wildman–Crippen LogP) is 3.08. The number of rotatable bonds is 3. The van der Waals surface area contributed by atoms with Crippen molar-refractivity contribution in [1.29, 1.82) is 0 Å². The van der Waals surface area contributed by atoms with Crippen LogP contribution in [0.25, 0.3) is 0 Å². The molecule has 0 amide bonds. The van der Waals surface area contributed by atoms with Gasteiger partial charge in [-0.25, -0.2) is 0 Å². The minimum atomic E-state index is -0.424. The number of hydrogen-bond donors (Lipinski definition) is 1. The van der Waals surface area contributed by atoms with Crippen LogP contribution in [-0.2, 0) is 6.61 Å². The lowest BCUT2D eigenvalue weighted by atomic mass is 10.0. The van der Waals surface area contributed by atoms with Gasteiger partial charge in [-0.1, -0.05) is 30.3 Å². The van der Waals surface area contributed by atoms with E-state index in [1.54, 1.807) is 0 Å². The van der Waals surface area contributed by atoms with Crippen molar-refractivity contribution in [3.63, 3.8) is 0 Å². The lowest BCUT2D eigenvalue weighted by molar-refractivity contribution is 0.115. The van der Waals surface area contributed by atoms with E-state index in [1.807, 2.05) is 48.5 Å². The monoisotopic (exact) mass is 256 g/mol. The lowest BCUT2D eigenvalue weighted by Gasteiger charge is -2.22. The van der Waals surface area contributed by atoms with Crippen LogP contribution in [0, 0.1) is 0 Å². The number of aliphatic hydroxyl groups is 1. The molecule has 3 rings (SSSR count). The molecule has 2 aromatic carbocycles. The van der Waals surface area contributed by atoms with Gasteiger partial charge in [0.05, 0.1) is 12.7 Å². The highest BCUT2D eigenvalue weighted by molar-refractivity contribution is 5.43. The van der Waals surface area contributed by atoms with Gasteiger partial charge in [0.15, 0.2) is 0 Å². The molecule has 0 aliphatic carbocycles. The Hall–Kier alpha value is -2.00. The summed E-state index contributed by atoms with van der Waals surface area (Å²) in [5, 5.41) is 9.84. The van der Waals surface area contributed by atoms with Crippen molar-refractivity contribution in [3.05, 3.63) is 59.7 Å². The smallest absolute Gasteiger partial charge is 0.128 e. The number of benzene rings is 2. The minimum absolute atomic E-state index is 0.424. The number of fused-ring (bicyclic) bond motifs is 1. The Morgan fingerprint density at radius 2 is 2.00 bits per heavy atom. The number of hydrogen-bond acceptors (Lipinski definition) is 3. The van der Waals surface area contributed by atoms with E-state index < -0.39 is 6.10 Å². The second-order valence-corrected chi connectivity index (χ2v) is 4.63. The molecule has 1 heterocycles. The van der Waals surface area contributed by atoms with Crippen LogP contribution in [0.3, 0.4) is 0 Å². The zero-order valence-electron chi connectivity index (χ0n) is 10.6. The summed E-state index contributed by atoms with van der Waals surface area (Å²) in [7, 11) is 0. The van der Waals surface area contributed by atoms with Gasteiger partial charge < -0.3 is 14.6 Å². The van der Waals surface area contributed by atoms with Crippen molar-refractivity contribution in [1.82, 2.24) is 0 Å².